The number of aromatic nitrogens is 4. The van der Waals surface area contributed by atoms with Gasteiger partial charge in [0.05, 0.1) is 19.3 Å². The van der Waals surface area contributed by atoms with Crippen LogP contribution >= 0.6 is 11.3 Å². The van der Waals surface area contributed by atoms with Gasteiger partial charge in [0.15, 0.2) is 17.5 Å². The van der Waals surface area contributed by atoms with Gasteiger partial charge in [0.1, 0.15) is 11.2 Å². The number of rotatable bonds is 4. The van der Waals surface area contributed by atoms with Gasteiger partial charge in [0.25, 0.3) is 0 Å². The largest absolute Gasteiger partial charge is 0.456 e. The van der Waals surface area contributed by atoms with E-state index < -0.39 is 0 Å². The van der Waals surface area contributed by atoms with E-state index in [0.29, 0.717) is 17.2 Å². The van der Waals surface area contributed by atoms with E-state index >= 15 is 0 Å². The first-order valence-corrected chi connectivity index (χ1v) is 17.3. The lowest BCUT2D eigenvalue weighted by atomic mass is 10.1. The molecule has 0 radical (unpaired) electrons. The van der Waals surface area contributed by atoms with E-state index in [9.17, 15) is 6.85 Å². The molecule has 0 aliphatic rings. The van der Waals surface area contributed by atoms with Crippen molar-refractivity contribution in [1.29, 1.82) is 0 Å². The maximum Gasteiger partial charge on any atom is 0.164 e. The number of para-hydroxylation sites is 2. The van der Waals surface area contributed by atoms with Crippen LogP contribution in [0, 0.1) is 0 Å². The summed E-state index contributed by atoms with van der Waals surface area (Å²) in [6.45, 7) is 0. The second-order valence-electron chi connectivity index (χ2n) is 12.3. The Morgan fingerprint density at radius 1 is 0.471 bits per heavy atom. The Labute approximate surface area is 304 Å². The van der Waals surface area contributed by atoms with Crippen LogP contribution in [0.4, 0.5) is 0 Å². The van der Waals surface area contributed by atoms with Crippen molar-refractivity contribution in [3.8, 4) is 39.9 Å². The fraction of sp³-hybridized carbons (Fsp3) is 0. The van der Waals surface area contributed by atoms with Gasteiger partial charge in [-0.25, -0.2) is 15.0 Å². The van der Waals surface area contributed by atoms with E-state index in [1.807, 2.05) is 109 Å². The maximum absolute atomic E-state index is 9.58. The van der Waals surface area contributed by atoms with E-state index in [4.69, 9.17) is 20.7 Å². The van der Waals surface area contributed by atoms with Gasteiger partial charge in [0.2, 0.25) is 0 Å². The van der Waals surface area contributed by atoms with Gasteiger partial charge in [-0.05, 0) is 54.5 Å². The number of furan rings is 1. The lowest BCUT2D eigenvalue weighted by Crippen LogP contribution is -2.00. The van der Waals surface area contributed by atoms with Crippen molar-refractivity contribution in [1.82, 2.24) is 19.5 Å². The van der Waals surface area contributed by atoms with Gasteiger partial charge in [0, 0.05) is 64.1 Å². The molecule has 7 aromatic carbocycles. The lowest BCUT2D eigenvalue weighted by molar-refractivity contribution is 0.669. The van der Waals surface area contributed by atoms with Crippen molar-refractivity contribution in [3.05, 3.63) is 158 Å². The minimum absolute atomic E-state index is 0.0190. The molecule has 0 spiro atoms. The molecule has 5 nitrogen and oxygen atoms in total. The first kappa shape index (κ1) is 22.9. The molecule has 6 heteroatoms. The summed E-state index contributed by atoms with van der Waals surface area (Å²) in [5, 5.41) is 4.29. The van der Waals surface area contributed by atoms with Crippen LogP contribution < -0.4 is 0 Å². The number of fused-ring (bicyclic) bond motifs is 9. The SMILES string of the molecule is [2H]c1c(-n2c3ccccc3c3ccccc32)c([2H])c2c(oc3c([2H])c(-c4nc(-c5ccccc5)nc(-c5ccc6c(c5)sc5ccccc56)n4)c([2H])c([2H])c32)c1[2H]. The molecule has 11 rings (SSSR count). The Bertz CT molecular complexity index is 3450. The molecule has 0 bridgehead atoms. The highest BCUT2D eigenvalue weighted by molar-refractivity contribution is 7.25. The molecule has 0 fully saturated rings. The Hall–Kier alpha value is -6.63. The first-order chi connectivity index (χ1) is 27.8. The number of nitrogens with zero attached hydrogens (tertiary/aromatic N) is 4. The Morgan fingerprint density at radius 3 is 1.90 bits per heavy atom. The summed E-state index contributed by atoms with van der Waals surface area (Å²) in [6.07, 6.45) is 0. The molecule has 4 aromatic heterocycles. The van der Waals surface area contributed by atoms with E-state index in [-0.39, 0.29) is 75.3 Å². The van der Waals surface area contributed by atoms with Crippen LogP contribution in [0.25, 0.3) is 104 Å². The lowest BCUT2D eigenvalue weighted by Gasteiger charge is -2.09. The minimum atomic E-state index is -0.328. The Kier molecular flexibility index (Phi) is 4.91. The van der Waals surface area contributed by atoms with Crippen LogP contribution in [0.1, 0.15) is 8.22 Å². The Morgan fingerprint density at radius 2 is 1.12 bits per heavy atom. The van der Waals surface area contributed by atoms with Gasteiger partial charge >= 0.3 is 0 Å². The molecule has 0 aliphatic carbocycles. The van der Waals surface area contributed by atoms with E-state index in [2.05, 4.69) is 12.1 Å². The maximum atomic E-state index is 9.58. The number of thiophene rings is 1. The van der Waals surface area contributed by atoms with Crippen LogP contribution in [0.15, 0.2) is 162 Å². The molecule has 0 aliphatic heterocycles. The molecule has 4 heterocycles. The second-order valence-corrected chi connectivity index (χ2v) is 13.4. The first-order valence-electron chi connectivity index (χ1n) is 19.5. The predicted octanol–water partition coefficient (Wildman–Crippen LogP) is 12.2. The zero-order chi connectivity index (χ0) is 38.7. The van der Waals surface area contributed by atoms with Crippen molar-refractivity contribution in [2.75, 3.05) is 0 Å². The molecule has 0 atom stereocenters. The number of benzene rings is 7. The van der Waals surface area contributed by atoms with Crippen LogP contribution in [0.5, 0.6) is 0 Å². The third-order valence-corrected chi connectivity index (χ3v) is 10.5. The van der Waals surface area contributed by atoms with E-state index in [1.54, 1.807) is 15.9 Å². The molecule has 0 N–H and O–H groups in total. The van der Waals surface area contributed by atoms with Crippen molar-refractivity contribution in [3.63, 3.8) is 0 Å². The highest BCUT2D eigenvalue weighted by atomic mass is 32.1. The van der Waals surface area contributed by atoms with Crippen LogP contribution in [0.2, 0.25) is 0 Å². The van der Waals surface area contributed by atoms with Gasteiger partial charge in [-0.1, -0.05) is 103 Å². The van der Waals surface area contributed by atoms with Crippen LogP contribution in [-0.2, 0) is 0 Å². The molecular formula is C45H26N4OS. The fourth-order valence-corrected chi connectivity index (χ4v) is 8.11. The summed E-state index contributed by atoms with van der Waals surface area (Å²) < 4.78 is 66.4. The predicted molar refractivity (Wildman–Crippen MR) is 211 cm³/mol. The molecular weight excluding hydrogens is 645 g/mol. The quantitative estimate of drug-likeness (QED) is 0.186. The minimum Gasteiger partial charge on any atom is -0.456 e. The second kappa shape index (κ2) is 10.9. The normalized spacial score (nSPS) is 13.6. The summed E-state index contributed by atoms with van der Waals surface area (Å²) in [4.78, 5) is 14.5. The smallest absolute Gasteiger partial charge is 0.164 e. The van der Waals surface area contributed by atoms with Gasteiger partial charge < -0.3 is 8.98 Å². The average molecular weight is 677 g/mol. The van der Waals surface area contributed by atoms with Crippen molar-refractivity contribution in [2.24, 2.45) is 0 Å². The molecule has 0 unspecified atom stereocenters. The average Bonchev–Trinajstić information content (AvgIpc) is 3.93. The molecule has 0 amide bonds. The van der Waals surface area contributed by atoms with Gasteiger partial charge in [-0.3, -0.25) is 0 Å². The number of hydrogen-bond acceptors (Lipinski definition) is 5. The van der Waals surface area contributed by atoms with E-state index in [0.717, 1.165) is 47.5 Å². The molecule has 0 saturated carbocycles. The summed E-state index contributed by atoms with van der Waals surface area (Å²) >= 11 is 1.67. The number of hydrogen-bond donors (Lipinski definition) is 0. The summed E-state index contributed by atoms with van der Waals surface area (Å²) in [6, 6.07) is 37.6. The summed E-state index contributed by atoms with van der Waals surface area (Å²) in [7, 11) is 0. The molecule has 11 aromatic rings. The highest BCUT2D eigenvalue weighted by Gasteiger charge is 2.17. The summed E-state index contributed by atoms with van der Waals surface area (Å²) in [5.41, 5.74) is 2.88. The Balaban J connectivity index is 1.16. The third-order valence-electron chi connectivity index (χ3n) is 9.33. The zero-order valence-corrected chi connectivity index (χ0v) is 27.5. The topological polar surface area (TPSA) is 56.7 Å². The molecule has 51 heavy (non-hydrogen) atoms. The highest BCUT2D eigenvalue weighted by Crippen LogP contribution is 2.38. The van der Waals surface area contributed by atoms with Crippen molar-refractivity contribution >= 4 is 75.3 Å². The standard InChI is InChI=1S/C45H26N4OS/c1-2-10-27(11-3-1)43-46-44(48-45(47-43)29-19-22-35-34-14-6-9-17-41(34)51-42(35)25-29)28-18-21-33-36-26-30(20-23-39(36)50-40(33)24-28)49-37-15-7-4-12-31(37)32-13-5-8-16-38(32)49/h1-26H/i18D,20D,21D,23D,24D,26D. The van der Waals surface area contributed by atoms with Crippen molar-refractivity contribution in [2.45, 2.75) is 0 Å². The fourth-order valence-electron chi connectivity index (χ4n) is 6.97. The van der Waals surface area contributed by atoms with Gasteiger partial charge in [-0.15, -0.1) is 11.3 Å². The monoisotopic (exact) mass is 676 g/mol. The van der Waals surface area contributed by atoms with E-state index in [1.165, 1.54) is 0 Å². The zero-order valence-electron chi connectivity index (χ0n) is 32.7. The third kappa shape index (κ3) is 4.43. The molecule has 238 valence electrons. The summed E-state index contributed by atoms with van der Waals surface area (Å²) in [5.74, 6) is 0.689. The van der Waals surface area contributed by atoms with Crippen LogP contribution in [0.3, 0.4) is 0 Å². The van der Waals surface area contributed by atoms with Crippen LogP contribution in [-0.4, -0.2) is 19.5 Å². The van der Waals surface area contributed by atoms with Crippen molar-refractivity contribution < 1.29 is 12.6 Å². The molecule has 0 saturated heterocycles. The van der Waals surface area contributed by atoms with Gasteiger partial charge in [-0.2, -0.15) is 0 Å².